The van der Waals surface area contributed by atoms with Crippen molar-refractivity contribution in [3.63, 3.8) is 0 Å². The molecular weight excluding hydrogens is 839 g/mol. The van der Waals surface area contributed by atoms with Gasteiger partial charge in [0.1, 0.15) is 24.4 Å². The van der Waals surface area contributed by atoms with E-state index in [4.69, 9.17) is 9.47 Å². The molecule has 0 radical (unpaired) electrons. The Morgan fingerprint density at radius 1 is 0.493 bits per heavy atom. The number of carbonyl (C=O) groups is 1. The predicted molar refractivity (Wildman–Crippen MR) is 281 cm³/mol. The van der Waals surface area contributed by atoms with E-state index >= 15 is 0 Å². The molecular formula is C58H113NO8. The number of hydrogen-bond donors (Lipinski definition) is 6. The quantitative estimate of drug-likeness (QED) is 0.0261. The zero-order valence-electron chi connectivity index (χ0n) is 44.2. The summed E-state index contributed by atoms with van der Waals surface area (Å²) in [4.78, 5) is 13.0. The van der Waals surface area contributed by atoms with Crippen LogP contribution in [0.15, 0.2) is 12.2 Å². The highest BCUT2D eigenvalue weighted by Crippen LogP contribution is 2.23. The van der Waals surface area contributed by atoms with Crippen LogP contribution < -0.4 is 5.32 Å². The molecule has 0 bridgehead atoms. The van der Waals surface area contributed by atoms with Gasteiger partial charge in [0.2, 0.25) is 5.91 Å². The molecule has 1 fully saturated rings. The predicted octanol–water partition coefficient (Wildman–Crippen LogP) is 14.4. The van der Waals surface area contributed by atoms with Crippen molar-refractivity contribution in [3.05, 3.63) is 12.2 Å². The van der Waals surface area contributed by atoms with Gasteiger partial charge in [-0.15, -0.1) is 0 Å². The lowest BCUT2D eigenvalue weighted by Crippen LogP contribution is -2.60. The fraction of sp³-hybridized carbons (Fsp3) is 0.948. The first-order valence-corrected chi connectivity index (χ1v) is 29.4. The molecule has 1 rings (SSSR count). The Balaban J connectivity index is 2.08. The maximum Gasteiger partial charge on any atom is 0.220 e. The highest BCUT2D eigenvalue weighted by molar-refractivity contribution is 5.76. The first-order chi connectivity index (χ1) is 32.8. The fourth-order valence-corrected chi connectivity index (χ4v) is 9.69. The highest BCUT2D eigenvalue weighted by atomic mass is 16.7. The molecule has 7 atom stereocenters. The lowest BCUT2D eigenvalue weighted by molar-refractivity contribution is -0.302. The number of rotatable bonds is 51. The summed E-state index contributed by atoms with van der Waals surface area (Å²) in [5.41, 5.74) is 0. The maximum absolute atomic E-state index is 13.0. The van der Waals surface area contributed by atoms with Gasteiger partial charge in [-0.25, -0.2) is 0 Å². The number of unbranched alkanes of at least 4 members (excludes halogenated alkanes) is 41. The number of aliphatic hydroxyl groups excluding tert-OH is 5. The summed E-state index contributed by atoms with van der Waals surface area (Å²) < 4.78 is 11.2. The summed E-state index contributed by atoms with van der Waals surface area (Å²) >= 11 is 0. The van der Waals surface area contributed by atoms with E-state index < -0.39 is 49.5 Å². The van der Waals surface area contributed by atoms with Crippen molar-refractivity contribution in [1.29, 1.82) is 0 Å². The zero-order valence-corrected chi connectivity index (χ0v) is 44.2. The number of amides is 1. The molecule has 0 aromatic carbocycles. The van der Waals surface area contributed by atoms with Crippen molar-refractivity contribution < 1.29 is 39.8 Å². The second-order valence-electron chi connectivity index (χ2n) is 20.8. The lowest BCUT2D eigenvalue weighted by Gasteiger charge is -2.40. The van der Waals surface area contributed by atoms with Gasteiger partial charge in [-0.3, -0.25) is 4.79 Å². The van der Waals surface area contributed by atoms with Crippen LogP contribution in [0.25, 0.3) is 0 Å². The molecule has 1 aliphatic rings. The Morgan fingerprint density at radius 2 is 0.821 bits per heavy atom. The van der Waals surface area contributed by atoms with Crippen molar-refractivity contribution in [2.24, 2.45) is 0 Å². The van der Waals surface area contributed by atoms with Gasteiger partial charge in [0.25, 0.3) is 0 Å². The van der Waals surface area contributed by atoms with Crippen LogP contribution in [-0.2, 0) is 14.3 Å². The molecule has 6 N–H and O–H groups in total. The van der Waals surface area contributed by atoms with E-state index in [1.807, 2.05) is 6.08 Å². The van der Waals surface area contributed by atoms with Gasteiger partial charge in [-0.05, 0) is 19.3 Å². The fourth-order valence-electron chi connectivity index (χ4n) is 9.69. The summed E-state index contributed by atoms with van der Waals surface area (Å²) in [7, 11) is 0. The molecule has 0 aromatic rings. The van der Waals surface area contributed by atoms with Crippen molar-refractivity contribution >= 4 is 5.91 Å². The number of allylic oxidation sites excluding steroid dienone is 1. The molecule has 398 valence electrons. The molecule has 67 heavy (non-hydrogen) atoms. The van der Waals surface area contributed by atoms with Crippen LogP contribution in [0.4, 0.5) is 0 Å². The van der Waals surface area contributed by atoms with Crippen LogP contribution in [0.1, 0.15) is 296 Å². The molecule has 1 aliphatic heterocycles. The molecule has 1 heterocycles. The molecule has 0 aromatic heterocycles. The van der Waals surface area contributed by atoms with Crippen molar-refractivity contribution in [3.8, 4) is 0 Å². The lowest BCUT2D eigenvalue weighted by atomic mass is 9.99. The molecule has 7 unspecified atom stereocenters. The van der Waals surface area contributed by atoms with E-state index in [1.54, 1.807) is 6.08 Å². The summed E-state index contributed by atoms with van der Waals surface area (Å²) in [5, 5.41) is 54.3. The highest BCUT2D eigenvalue weighted by Gasteiger charge is 2.44. The van der Waals surface area contributed by atoms with Gasteiger partial charge in [0.05, 0.1) is 25.4 Å². The van der Waals surface area contributed by atoms with Crippen molar-refractivity contribution in [2.75, 3.05) is 13.2 Å². The average Bonchev–Trinajstić information content (AvgIpc) is 3.33. The molecule has 0 spiro atoms. The Morgan fingerprint density at radius 3 is 1.16 bits per heavy atom. The third-order valence-corrected chi connectivity index (χ3v) is 14.4. The minimum atomic E-state index is -1.56. The van der Waals surface area contributed by atoms with Crippen molar-refractivity contribution in [1.82, 2.24) is 5.32 Å². The Bertz CT molecular complexity index is 1060. The molecule has 1 saturated heterocycles. The normalized spacial score (nSPS) is 19.7. The number of hydrogen-bond acceptors (Lipinski definition) is 8. The Hall–Kier alpha value is -1.07. The van der Waals surface area contributed by atoms with Gasteiger partial charge in [0, 0.05) is 6.42 Å². The smallest absolute Gasteiger partial charge is 0.220 e. The van der Waals surface area contributed by atoms with Gasteiger partial charge >= 0.3 is 0 Å². The van der Waals surface area contributed by atoms with E-state index in [0.29, 0.717) is 6.42 Å². The average molecular weight is 953 g/mol. The monoisotopic (exact) mass is 952 g/mol. The largest absolute Gasteiger partial charge is 0.394 e. The molecule has 9 heteroatoms. The first kappa shape index (κ1) is 63.9. The second-order valence-corrected chi connectivity index (χ2v) is 20.8. The van der Waals surface area contributed by atoms with Crippen LogP contribution >= 0.6 is 0 Å². The van der Waals surface area contributed by atoms with E-state index in [9.17, 15) is 30.3 Å². The summed E-state index contributed by atoms with van der Waals surface area (Å²) in [6.07, 6.45) is 53.1. The summed E-state index contributed by atoms with van der Waals surface area (Å²) in [6, 6.07) is -0.799. The third-order valence-electron chi connectivity index (χ3n) is 14.4. The SMILES string of the molecule is CCCCCCCCCCCC/C=C/C(O)C(COC1OC(CO)C(O)C(O)C1O)NC(=O)CCCCCCCCCCCCCCCCCCCCCCCCCCCCCCCCCC. The molecule has 9 nitrogen and oxygen atoms in total. The zero-order chi connectivity index (χ0) is 48.7. The maximum atomic E-state index is 13.0. The van der Waals surface area contributed by atoms with Crippen LogP contribution in [0.2, 0.25) is 0 Å². The van der Waals surface area contributed by atoms with E-state index in [-0.39, 0.29) is 12.5 Å². The minimum Gasteiger partial charge on any atom is -0.394 e. The van der Waals surface area contributed by atoms with Crippen LogP contribution in [0.3, 0.4) is 0 Å². The van der Waals surface area contributed by atoms with Crippen LogP contribution in [0, 0.1) is 0 Å². The van der Waals surface area contributed by atoms with Crippen LogP contribution in [-0.4, -0.2) is 87.5 Å². The number of aliphatic hydroxyl groups is 5. The standard InChI is InChI=1S/C58H113NO8/c1-3-5-7-9-11-13-15-17-18-19-20-21-22-23-24-25-26-27-28-29-30-31-32-33-34-35-36-38-40-42-44-46-48-54(62)59-51(50-66-58-57(65)56(64)55(63)53(49-60)67-58)52(61)47-45-43-41-39-37-16-14-12-10-8-6-4-2/h45,47,51-53,55-58,60-61,63-65H,3-44,46,48-50H2,1-2H3,(H,59,62)/b47-45+. The first-order valence-electron chi connectivity index (χ1n) is 29.4. The number of carbonyl (C=O) groups excluding carboxylic acids is 1. The van der Waals surface area contributed by atoms with Gasteiger partial charge in [0.15, 0.2) is 6.29 Å². The third kappa shape index (κ3) is 38.3. The van der Waals surface area contributed by atoms with E-state index in [2.05, 4.69) is 19.2 Å². The topological polar surface area (TPSA) is 149 Å². The Labute approximate surface area is 414 Å². The number of nitrogens with one attached hydrogen (secondary N) is 1. The van der Waals surface area contributed by atoms with E-state index in [1.165, 1.54) is 238 Å². The minimum absolute atomic E-state index is 0.171. The summed E-state index contributed by atoms with van der Waals surface area (Å²) in [6.45, 7) is 3.80. The molecule has 0 aliphatic carbocycles. The van der Waals surface area contributed by atoms with Gasteiger partial charge in [-0.2, -0.15) is 0 Å². The van der Waals surface area contributed by atoms with Gasteiger partial charge in [-0.1, -0.05) is 283 Å². The molecule has 0 saturated carbocycles. The van der Waals surface area contributed by atoms with Crippen molar-refractivity contribution in [2.45, 2.75) is 339 Å². The van der Waals surface area contributed by atoms with Gasteiger partial charge < -0.3 is 40.3 Å². The molecule has 1 amide bonds. The summed E-state index contributed by atoms with van der Waals surface area (Å²) in [5.74, 6) is -0.171. The van der Waals surface area contributed by atoms with Crippen LogP contribution in [0.5, 0.6) is 0 Å². The second kappa shape index (κ2) is 48.6. The number of ether oxygens (including phenoxy) is 2. The Kier molecular flexibility index (Phi) is 46.3. The van der Waals surface area contributed by atoms with E-state index in [0.717, 1.165) is 38.5 Å².